The minimum absolute atomic E-state index is 0.222. The van der Waals surface area contributed by atoms with Crippen LogP contribution in [-0.4, -0.2) is 9.55 Å². The van der Waals surface area contributed by atoms with Crippen molar-refractivity contribution in [3.05, 3.63) is 47.2 Å². The van der Waals surface area contributed by atoms with Gasteiger partial charge in [-0.1, -0.05) is 20.3 Å². The second-order valence-electron chi connectivity index (χ2n) is 5.33. The zero-order valence-corrected chi connectivity index (χ0v) is 12.5. The molecule has 1 unspecified atom stereocenters. The average molecular weight is 291 g/mol. The van der Waals surface area contributed by atoms with E-state index in [0.717, 1.165) is 12.5 Å². The van der Waals surface area contributed by atoms with Crippen LogP contribution in [0.1, 0.15) is 26.0 Å². The number of rotatable bonds is 4. The molecule has 1 aromatic heterocycles. The maximum Gasteiger partial charge on any atom is 0.144 e. The van der Waals surface area contributed by atoms with E-state index >= 15 is 0 Å². The fraction of sp³-hybridized carbons (Fsp3) is 0.375. The van der Waals surface area contributed by atoms with E-state index in [1.807, 2.05) is 0 Å². The van der Waals surface area contributed by atoms with Crippen molar-refractivity contribution in [2.24, 2.45) is 5.92 Å². The number of aromatic nitrogens is 2. The highest BCUT2D eigenvalue weighted by Crippen LogP contribution is 2.25. The number of nitrogens with one attached hydrogen (secondary N) is 1. The molecule has 0 spiro atoms. The maximum absolute atomic E-state index is 14.1. The molecule has 2 rings (SSSR count). The van der Waals surface area contributed by atoms with Gasteiger partial charge in [-0.25, -0.2) is 8.78 Å². The molecule has 0 aliphatic rings. The van der Waals surface area contributed by atoms with Crippen LogP contribution in [0, 0.1) is 29.9 Å². The van der Waals surface area contributed by atoms with E-state index in [-0.39, 0.29) is 11.1 Å². The third-order valence-corrected chi connectivity index (χ3v) is 3.66. The highest BCUT2D eigenvalue weighted by Gasteiger charge is 2.15. The second-order valence-corrected chi connectivity index (χ2v) is 5.33. The summed E-state index contributed by atoms with van der Waals surface area (Å²) >= 11 is 0. The molecular weight excluding hydrogens is 272 g/mol. The second kappa shape index (κ2) is 6.16. The number of halogens is 2. The van der Waals surface area contributed by atoms with Crippen LogP contribution in [0.15, 0.2) is 24.4 Å². The molecule has 0 aliphatic carbocycles. The predicted octanol–water partition coefficient (Wildman–Crippen LogP) is 3.66. The summed E-state index contributed by atoms with van der Waals surface area (Å²) in [5.74, 6) is -0.899. The Hall–Kier alpha value is -2.04. The lowest BCUT2D eigenvalue weighted by atomic mass is 10.1. The van der Waals surface area contributed by atoms with Crippen molar-refractivity contribution in [1.29, 1.82) is 5.41 Å². The molecule has 5 heteroatoms. The van der Waals surface area contributed by atoms with Crippen molar-refractivity contribution in [3.63, 3.8) is 0 Å². The van der Waals surface area contributed by atoms with Crippen molar-refractivity contribution >= 4 is 0 Å². The zero-order valence-electron chi connectivity index (χ0n) is 12.5. The van der Waals surface area contributed by atoms with E-state index < -0.39 is 11.6 Å². The summed E-state index contributed by atoms with van der Waals surface area (Å²) < 4.78 is 29.0. The van der Waals surface area contributed by atoms with E-state index in [2.05, 4.69) is 18.8 Å². The van der Waals surface area contributed by atoms with E-state index in [4.69, 9.17) is 5.41 Å². The Kier molecular flexibility index (Phi) is 4.50. The van der Waals surface area contributed by atoms with Crippen molar-refractivity contribution in [2.75, 3.05) is 0 Å². The zero-order chi connectivity index (χ0) is 15.6. The molecule has 0 aliphatic heterocycles. The van der Waals surface area contributed by atoms with Gasteiger partial charge in [-0.3, -0.25) is 10.4 Å². The lowest BCUT2D eigenvalue weighted by molar-refractivity contribution is 0.455. The van der Waals surface area contributed by atoms with Crippen LogP contribution in [0.25, 0.3) is 11.3 Å². The van der Waals surface area contributed by atoms with E-state index in [0.29, 0.717) is 23.9 Å². The monoisotopic (exact) mass is 291 g/mol. The first kappa shape index (κ1) is 15.4. The van der Waals surface area contributed by atoms with Gasteiger partial charge in [0.05, 0.1) is 17.6 Å². The summed E-state index contributed by atoms with van der Waals surface area (Å²) in [6.45, 7) is 6.52. The van der Waals surface area contributed by atoms with E-state index in [1.54, 1.807) is 11.5 Å². The van der Waals surface area contributed by atoms with Crippen molar-refractivity contribution in [1.82, 2.24) is 9.55 Å². The molecular formula is C16H19F2N3. The summed E-state index contributed by atoms with van der Waals surface area (Å²) in [7, 11) is 0. The Morgan fingerprint density at radius 2 is 2.05 bits per heavy atom. The van der Waals surface area contributed by atoms with Crippen LogP contribution in [0.2, 0.25) is 0 Å². The third kappa shape index (κ3) is 3.17. The molecule has 1 N–H and O–H groups in total. The Morgan fingerprint density at radius 1 is 1.33 bits per heavy atom. The average Bonchev–Trinajstić information content (AvgIpc) is 2.44. The van der Waals surface area contributed by atoms with Gasteiger partial charge in [-0.05, 0) is 25.0 Å². The van der Waals surface area contributed by atoms with Gasteiger partial charge in [0.25, 0.3) is 0 Å². The number of nitrogens with zero attached hydrogens (tertiary/aromatic N) is 2. The first-order valence-electron chi connectivity index (χ1n) is 7.00. The SMILES string of the molecule is CCC(C)Cn1c(-c2ccc(F)cc2F)c(C)ncc1=N. The fourth-order valence-electron chi connectivity index (χ4n) is 2.26. The third-order valence-electron chi connectivity index (χ3n) is 3.66. The lowest BCUT2D eigenvalue weighted by Gasteiger charge is -2.19. The minimum Gasteiger partial charge on any atom is -0.323 e. The Labute approximate surface area is 122 Å². The van der Waals surface area contributed by atoms with E-state index in [9.17, 15) is 8.78 Å². The Balaban J connectivity index is 2.66. The molecule has 0 amide bonds. The molecule has 1 heterocycles. The summed E-state index contributed by atoms with van der Waals surface area (Å²) in [5.41, 5.74) is 1.67. The first-order valence-corrected chi connectivity index (χ1v) is 7.00. The highest BCUT2D eigenvalue weighted by molar-refractivity contribution is 5.62. The fourth-order valence-corrected chi connectivity index (χ4v) is 2.26. The van der Waals surface area contributed by atoms with Crippen LogP contribution in [0.5, 0.6) is 0 Å². The smallest absolute Gasteiger partial charge is 0.144 e. The Bertz CT molecular complexity index is 707. The summed E-state index contributed by atoms with van der Waals surface area (Å²) in [5, 5.41) is 8.04. The molecule has 1 aromatic carbocycles. The van der Waals surface area contributed by atoms with Gasteiger partial charge in [0.2, 0.25) is 0 Å². The van der Waals surface area contributed by atoms with Crippen molar-refractivity contribution < 1.29 is 8.78 Å². The number of hydrogen-bond donors (Lipinski definition) is 1. The maximum atomic E-state index is 14.1. The Morgan fingerprint density at radius 3 is 2.67 bits per heavy atom. The lowest BCUT2D eigenvalue weighted by Crippen LogP contribution is -2.26. The molecule has 0 fully saturated rings. The molecule has 1 atom stereocenters. The van der Waals surface area contributed by atoms with Crippen LogP contribution < -0.4 is 5.49 Å². The normalized spacial score (nSPS) is 12.4. The largest absolute Gasteiger partial charge is 0.323 e. The number of benzene rings is 1. The standard InChI is InChI=1S/C16H19F2N3/c1-4-10(2)9-21-15(19)8-20-11(3)16(21)13-6-5-12(17)7-14(13)18/h5-8,10,19H,4,9H2,1-3H3. The molecule has 0 radical (unpaired) electrons. The molecule has 0 saturated carbocycles. The van der Waals surface area contributed by atoms with Crippen LogP contribution in [0.3, 0.4) is 0 Å². The molecule has 21 heavy (non-hydrogen) atoms. The van der Waals surface area contributed by atoms with Crippen LogP contribution in [-0.2, 0) is 6.54 Å². The topological polar surface area (TPSA) is 41.7 Å². The molecule has 112 valence electrons. The van der Waals surface area contributed by atoms with Gasteiger partial charge < -0.3 is 4.57 Å². The van der Waals surface area contributed by atoms with Crippen LogP contribution >= 0.6 is 0 Å². The number of hydrogen-bond acceptors (Lipinski definition) is 2. The molecule has 0 saturated heterocycles. The summed E-state index contributed by atoms with van der Waals surface area (Å²) in [4.78, 5) is 4.14. The van der Waals surface area contributed by atoms with E-state index in [1.165, 1.54) is 18.3 Å². The summed E-state index contributed by atoms with van der Waals surface area (Å²) in [6.07, 6.45) is 2.42. The van der Waals surface area contributed by atoms with Gasteiger partial charge >= 0.3 is 0 Å². The van der Waals surface area contributed by atoms with Crippen molar-refractivity contribution in [3.8, 4) is 11.3 Å². The van der Waals surface area contributed by atoms with Crippen LogP contribution in [0.4, 0.5) is 8.78 Å². The predicted molar refractivity (Wildman–Crippen MR) is 77.6 cm³/mol. The highest BCUT2D eigenvalue weighted by atomic mass is 19.1. The van der Waals surface area contributed by atoms with Gasteiger partial charge in [0.1, 0.15) is 17.1 Å². The van der Waals surface area contributed by atoms with Gasteiger partial charge in [-0.2, -0.15) is 0 Å². The van der Waals surface area contributed by atoms with Gasteiger partial charge in [0.15, 0.2) is 0 Å². The van der Waals surface area contributed by atoms with Gasteiger partial charge in [-0.15, -0.1) is 0 Å². The van der Waals surface area contributed by atoms with Gasteiger partial charge in [0, 0.05) is 18.2 Å². The minimum atomic E-state index is -0.636. The first-order chi connectivity index (χ1) is 9.93. The molecule has 3 nitrogen and oxygen atoms in total. The molecule has 0 bridgehead atoms. The van der Waals surface area contributed by atoms with Crippen molar-refractivity contribution in [2.45, 2.75) is 33.7 Å². The summed E-state index contributed by atoms with van der Waals surface area (Å²) in [6, 6.07) is 3.49. The number of aryl methyl sites for hydroxylation is 1. The quantitative estimate of drug-likeness (QED) is 0.917. The molecule has 2 aromatic rings.